The van der Waals surface area contributed by atoms with Crippen LogP contribution in [0.2, 0.25) is 0 Å². The average Bonchev–Trinajstić information content (AvgIpc) is 3.27. The van der Waals surface area contributed by atoms with Crippen molar-refractivity contribution in [2.75, 3.05) is 39.2 Å². The van der Waals surface area contributed by atoms with Crippen molar-refractivity contribution in [1.82, 2.24) is 10.2 Å². The number of carbonyl (C=O) groups excluding carboxylic acids is 2. The van der Waals surface area contributed by atoms with Crippen LogP contribution < -0.4 is 20.1 Å². The highest BCUT2D eigenvalue weighted by molar-refractivity contribution is 5.92. The largest absolute Gasteiger partial charge is 0.497 e. The molecule has 7 heteroatoms. The number of hydrogen-bond donors (Lipinski definition) is 2. The third-order valence-corrected chi connectivity index (χ3v) is 5.75. The molecule has 3 rings (SSSR count). The number of carbonyl (C=O) groups is 2. The van der Waals surface area contributed by atoms with Gasteiger partial charge < -0.3 is 25.0 Å². The zero-order valence-corrected chi connectivity index (χ0v) is 16.8. The number of ether oxygens (including phenoxy) is 2. The Kier molecular flexibility index (Phi) is 7.14. The number of likely N-dealkylation sites (tertiary alicyclic amines) is 1. The van der Waals surface area contributed by atoms with E-state index in [4.69, 9.17) is 9.47 Å². The molecule has 2 amide bonds. The second-order valence-electron chi connectivity index (χ2n) is 7.57. The lowest BCUT2D eigenvalue weighted by molar-refractivity contribution is -0.134. The van der Waals surface area contributed by atoms with Gasteiger partial charge in [0, 0.05) is 25.6 Å². The van der Waals surface area contributed by atoms with Gasteiger partial charge in [-0.25, -0.2) is 0 Å². The van der Waals surface area contributed by atoms with Crippen LogP contribution >= 0.6 is 0 Å². The van der Waals surface area contributed by atoms with Crippen LogP contribution in [0.5, 0.6) is 11.5 Å². The summed E-state index contributed by atoms with van der Waals surface area (Å²) in [5.41, 5.74) is 0.651. The van der Waals surface area contributed by atoms with Crippen molar-refractivity contribution in [2.24, 2.45) is 5.92 Å². The van der Waals surface area contributed by atoms with Gasteiger partial charge in [-0.05, 0) is 56.7 Å². The third-order valence-electron chi connectivity index (χ3n) is 5.75. The Hall–Kier alpha value is -2.28. The second kappa shape index (κ2) is 9.78. The number of rotatable bonds is 7. The zero-order chi connectivity index (χ0) is 19.9. The summed E-state index contributed by atoms with van der Waals surface area (Å²) in [5.74, 6) is 1.99. The highest BCUT2D eigenvalue weighted by Gasteiger charge is 2.29. The third kappa shape index (κ3) is 5.16. The molecular formula is C21H31N3O4. The molecule has 28 heavy (non-hydrogen) atoms. The molecule has 0 unspecified atom stereocenters. The Balaban J connectivity index is 1.41. The molecule has 0 saturated carbocycles. The van der Waals surface area contributed by atoms with Crippen LogP contribution in [0.15, 0.2) is 18.2 Å². The van der Waals surface area contributed by atoms with Gasteiger partial charge in [0.1, 0.15) is 11.5 Å². The van der Waals surface area contributed by atoms with E-state index in [2.05, 4.69) is 10.6 Å². The van der Waals surface area contributed by atoms with Crippen molar-refractivity contribution in [3.05, 3.63) is 18.2 Å². The number of hydrogen-bond acceptors (Lipinski definition) is 5. The van der Waals surface area contributed by atoms with E-state index in [1.54, 1.807) is 32.4 Å². The van der Waals surface area contributed by atoms with Crippen LogP contribution in [-0.2, 0) is 9.59 Å². The molecule has 2 heterocycles. The minimum atomic E-state index is -0.0165. The summed E-state index contributed by atoms with van der Waals surface area (Å²) in [6.45, 7) is 2.55. The van der Waals surface area contributed by atoms with Gasteiger partial charge >= 0.3 is 0 Å². The highest BCUT2D eigenvalue weighted by Crippen LogP contribution is 2.29. The molecular weight excluding hydrogens is 358 g/mol. The van der Waals surface area contributed by atoms with Crippen molar-refractivity contribution >= 4 is 17.5 Å². The minimum absolute atomic E-state index is 0.0156. The summed E-state index contributed by atoms with van der Waals surface area (Å²) in [6, 6.07) is 5.35. The lowest BCUT2D eigenvalue weighted by Gasteiger charge is -2.33. The summed E-state index contributed by atoms with van der Waals surface area (Å²) in [7, 11) is 3.16. The zero-order valence-electron chi connectivity index (χ0n) is 16.8. The number of benzene rings is 1. The summed E-state index contributed by atoms with van der Waals surface area (Å²) in [6.07, 6.45) is 5.29. The maximum absolute atomic E-state index is 12.5. The van der Waals surface area contributed by atoms with Gasteiger partial charge in [0.2, 0.25) is 11.8 Å². The molecule has 1 aromatic rings. The van der Waals surface area contributed by atoms with Gasteiger partial charge in [-0.2, -0.15) is 0 Å². The van der Waals surface area contributed by atoms with E-state index >= 15 is 0 Å². The fourth-order valence-corrected chi connectivity index (χ4v) is 4.01. The molecule has 0 aliphatic carbocycles. The summed E-state index contributed by atoms with van der Waals surface area (Å²) in [4.78, 5) is 26.8. The molecule has 7 nitrogen and oxygen atoms in total. The lowest BCUT2D eigenvalue weighted by Crippen LogP contribution is -2.47. The van der Waals surface area contributed by atoms with Crippen LogP contribution in [0, 0.1) is 5.92 Å². The van der Waals surface area contributed by atoms with E-state index in [-0.39, 0.29) is 17.9 Å². The Morgan fingerprint density at radius 3 is 2.61 bits per heavy atom. The van der Waals surface area contributed by atoms with E-state index in [0.29, 0.717) is 29.5 Å². The number of nitrogens with one attached hydrogen (secondary N) is 2. The summed E-state index contributed by atoms with van der Waals surface area (Å²) >= 11 is 0. The van der Waals surface area contributed by atoms with Gasteiger partial charge in [-0.1, -0.05) is 0 Å². The Morgan fingerprint density at radius 1 is 1.18 bits per heavy atom. The van der Waals surface area contributed by atoms with Crippen LogP contribution in [0.1, 0.15) is 38.5 Å². The van der Waals surface area contributed by atoms with Crippen molar-refractivity contribution in [2.45, 2.75) is 44.6 Å². The monoisotopic (exact) mass is 389 g/mol. The summed E-state index contributed by atoms with van der Waals surface area (Å²) in [5, 5.41) is 6.21. The first-order valence-corrected chi connectivity index (χ1v) is 10.1. The molecule has 1 aromatic carbocycles. The van der Waals surface area contributed by atoms with Crippen molar-refractivity contribution in [1.29, 1.82) is 0 Å². The highest BCUT2D eigenvalue weighted by atomic mass is 16.5. The van der Waals surface area contributed by atoms with Crippen LogP contribution in [0.4, 0.5) is 5.69 Å². The number of methoxy groups -OCH3 is 2. The molecule has 2 fully saturated rings. The number of nitrogens with zero attached hydrogens (tertiary/aromatic N) is 1. The van der Waals surface area contributed by atoms with E-state index in [0.717, 1.165) is 51.7 Å². The van der Waals surface area contributed by atoms with E-state index in [9.17, 15) is 9.59 Å². The maximum atomic E-state index is 12.5. The van der Waals surface area contributed by atoms with Gasteiger partial charge in [-0.3, -0.25) is 9.59 Å². The van der Waals surface area contributed by atoms with E-state index in [1.165, 1.54) is 0 Å². The molecule has 0 radical (unpaired) electrons. The van der Waals surface area contributed by atoms with Crippen LogP contribution in [-0.4, -0.2) is 56.6 Å². The molecule has 2 aliphatic rings. The molecule has 0 bridgehead atoms. The average molecular weight is 389 g/mol. The lowest BCUT2D eigenvalue weighted by atomic mass is 9.91. The van der Waals surface area contributed by atoms with Gasteiger partial charge in [-0.15, -0.1) is 0 Å². The molecule has 2 N–H and O–H groups in total. The second-order valence-corrected chi connectivity index (χ2v) is 7.57. The number of anilines is 1. The molecule has 0 aromatic heterocycles. The Labute approximate surface area is 166 Å². The standard InChI is InChI=1S/C21H31N3O4/c1-27-16-6-7-17(19(14-16)28-2)23-20(25)8-5-15-9-12-24(13-10-15)21(26)18-4-3-11-22-18/h6-7,14-15,18,22H,3-5,8-13H2,1-2H3,(H,23,25)/t18-/m1/s1. The molecule has 2 aliphatic heterocycles. The smallest absolute Gasteiger partial charge is 0.239 e. The predicted octanol–water partition coefficient (Wildman–Crippen LogP) is 2.41. The van der Waals surface area contributed by atoms with Crippen LogP contribution in [0.3, 0.4) is 0 Å². The number of amides is 2. The fraction of sp³-hybridized carbons (Fsp3) is 0.619. The predicted molar refractivity (Wildman–Crippen MR) is 108 cm³/mol. The Bertz CT molecular complexity index is 680. The Morgan fingerprint density at radius 2 is 1.96 bits per heavy atom. The maximum Gasteiger partial charge on any atom is 0.239 e. The van der Waals surface area contributed by atoms with Gasteiger partial charge in [0.05, 0.1) is 25.9 Å². The summed E-state index contributed by atoms with van der Waals surface area (Å²) < 4.78 is 10.5. The number of piperidine rings is 1. The first-order valence-electron chi connectivity index (χ1n) is 10.1. The van der Waals surface area contributed by atoms with Crippen molar-refractivity contribution < 1.29 is 19.1 Å². The quantitative estimate of drug-likeness (QED) is 0.749. The van der Waals surface area contributed by atoms with Gasteiger partial charge in [0.15, 0.2) is 0 Å². The minimum Gasteiger partial charge on any atom is -0.497 e. The molecule has 154 valence electrons. The van der Waals surface area contributed by atoms with E-state index in [1.807, 2.05) is 4.90 Å². The first-order chi connectivity index (χ1) is 13.6. The van der Waals surface area contributed by atoms with Crippen LogP contribution in [0.25, 0.3) is 0 Å². The van der Waals surface area contributed by atoms with E-state index < -0.39 is 0 Å². The SMILES string of the molecule is COc1ccc(NC(=O)CCC2CCN(C(=O)[C@H]3CCCN3)CC2)c(OC)c1. The normalized spacial score (nSPS) is 20.1. The first kappa shape index (κ1) is 20.5. The molecule has 0 spiro atoms. The topological polar surface area (TPSA) is 79.9 Å². The van der Waals surface area contributed by atoms with Crippen molar-refractivity contribution in [3.8, 4) is 11.5 Å². The van der Waals surface area contributed by atoms with Crippen molar-refractivity contribution in [3.63, 3.8) is 0 Å². The fourth-order valence-electron chi connectivity index (χ4n) is 4.01. The van der Waals surface area contributed by atoms with Gasteiger partial charge in [0.25, 0.3) is 0 Å². The molecule has 1 atom stereocenters. The molecule has 2 saturated heterocycles.